The van der Waals surface area contributed by atoms with Crippen LogP contribution in [0.3, 0.4) is 0 Å². The summed E-state index contributed by atoms with van der Waals surface area (Å²) in [4.78, 5) is 11.0. The van der Waals surface area contributed by atoms with Crippen molar-refractivity contribution >= 4 is 5.82 Å². The van der Waals surface area contributed by atoms with Gasteiger partial charge in [0.1, 0.15) is 0 Å². The summed E-state index contributed by atoms with van der Waals surface area (Å²) in [5, 5.41) is 0. The molecule has 5 heteroatoms. The summed E-state index contributed by atoms with van der Waals surface area (Å²) in [5.41, 5.74) is 4.09. The van der Waals surface area contributed by atoms with Gasteiger partial charge in [-0.25, -0.2) is 10.8 Å². The van der Waals surface area contributed by atoms with Gasteiger partial charge in [0, 0.05) is 6.54 Å². The van der Waals surface area contributed by atoms with Crippen molar-refractivity contribution in [2.75, 3.05) is 18.5 Å². The minimum Gasteiger partial charge on any atom is -0.307 e. The van der Waals surface area contributed by atoms with Crippen molar-refractivity contribution in [2.45, 2.75) is 46.1 Å². The highest BCUT2D eigenvalue weighted by Crippen LogP contribution is 2.38. The van der Waals surface area contributed by atoms with Crippen LogP contribution < -0.4 is 11.3 Å². The van der Waals surface area contributed by atoms with Gasteiger partial charge in [-0.3, -0.25) is 9.88 Å². The number of aromatic nitrogens is 2. The van der Waals surface area contributed by atoms with Gasteiger partial charge in [0.15, 0.2) is 5.82 Å². The highest BCUT2D eigenvalue weighted by atomic mass is 15.3. The molecule has 1 aromatic rings. The first-order valence-electron chi connectivity index (χ1n) is 7.21. The normalized spacial score (nSPS) is 19.3. The summed E-state index contributed by atoms with van der Waals surface area (Å²) in [6, 6.07) is 0. The highest BCUT2D eigenvalue weighted by molar-refractivity contribution is 5.28. The summed E-state index contributed by atoms with van der Waals surface area (Å²) in [5.74, 6) is 5.89. The van der Waals surface area contributed by atoms with Crippen molar-refractivity contribution in [3.8, 4) is 0 Å². The molecular weight excluding hydrogens is 238 g/mol. The van der Waals surface area contributed by atoms with Crippen molar-refractivity contribution in [3.63, 3.8) is 0 Å². The number of hydrogen-bond acceptors (Lipinski definition) is 5. The molecule has 1 aliphatic rings. The molecule has 0 radical (unpaired) electrons. The molecule has 2 heterocycles. The van der Waals surface area contributed by atoms with E-state index in [1.54, 1.807) is 12.4 Å². The van der Waals surface area contributed by atoms with Crippen LogP contribution in [0.2, 0.25) is 0 Å². The van der Waals surface area contributed by atoms with Crippen LogP contribution in [-0.4, -0.2) is 28.0 Å². The number of likely N-dealkylation sites (tertiary alicyclic amines) is 1. The van der Waals surface area contributed by atoms with Crippen LogP contribution in [0.5, 0.6) is 0 Å². The maximum absolute atomic E-state index is 5.28. The van der Waals surface area contributed by atoms with E-state index in [-0.39, 0.29) is 0 Å². The first-order valence-corrected chi connectivity index (χ1v) is 7.21. The van der Waals surface area contributed by atoms with Gasteiger partial charge in [0.2, 0.25) is 0 Å². The molecule has 19 heavy (non-hydrogen) atoms. The largest absolute Gasteiger partial charge is 0.307 e. The van der Waals surface area contributed by atoms with Crippen molar-refractivity contribution < 1.29 is 0 Å². The molecule has 0 amide bonds. The Morgan fingerprint density at radius 2 is 1.89 bits per heavy atom. The van der Waals surface area contributed by atoms with Gasteiger partial charge in [-0.15, -0.1) is 0 Å². The fourth-order valence-corrected chi connectivity index (χ4v) is 2.88. The molecule has 1 aromatic heterocycles. The number of nitrogens with two attached hydrogens (primary N) is 1. The average Bonchev–Trinajstić information content (AvgIpc) is 2.49. The molecule has 3 N–H and O–H groups in total. The lowest BCUT2D eigenvalue weighted by atomic mass is 9.74. The van der Waals surface area contributed by atoms with Crippen LogP contribution >= 0.6 is 0 Å². The van der Waals surface area contributed by atoms with Crippen LogP contribution in [0.4, 0.5) is 5.82 Å². The number of nitrogen functional groups attached to an aromatic ring is 1. The monoisotopic (exact) mass is 263 g/mol. The third-order valence-electron chi connectivity index (χ3n) is 4.66. The lowest BCUT2D eigenvalue weighted by Crippen LogP contribution is -2.39. The summed E-state index contributed by atoms with van der Waals surface area (Å²) in [6.45, 7) is 7.87. The number of rotatable bonds is 5. The second-order valence-corrected chi connectivity index (χ2v) is 5.52. The third-order valence-corrected chi connectivity index (χ3v) is 4.66. The van der Waals surface area contributed by atoms with Gasteiger partial charge in [0.25, 0.3) is 0 Å². The molecule has 1 fully saturated rings. The van der Waals surface area contributed by atoms with E-state index in [2.05, 4.69) is 34.1 Å². The van der Waals surface area contributed by atoms with Gasteiger partial charge in [-0.2, -0.15) is 0 Å². The summed E-state index contributed by atoms with van der Waals surface area (Å²) in [6.07, 6.45) is 8.69. The molecule has 0 aromatic carbocycles. The zero-order valence-electron chi connectivity index (χ0n) is 12.0. The van der Waals surface area contributed by atoms with Crippen molar-refractivity contribution in [3.05, 3.63) is 18.1 Å². The van der Waals surface area contributed by atoms with Crippen LogP contribution in [0.15, 0.2) is 12.4 Å². The summed E-state index contributed by atoms with van der Waals surface area (Å²) in [7, 11) is 0. The van der Waals surface area contributed by atoms with Gasteiger partial charge >= 0.3 is 0 Å². The second-order valence-electron chi connectivity index (χ2n) is 5.52. The topological polar surface area (TPSA) is 67.1 Å². The van der Waals surface area contributed by atoms with Crippen LogP contribution in [0, 0.1) is 5.41 Å². The molecule has 0 bridgehead atoms. The maximum Gasteiger partial charge on any atom is 0.158 e. The Balaban J connectivity index is 1.88. The lowest BCUT2D eigenvalue weighted by Gasteiger charge is -2.40. The van der Waals surface area contributed by atoms with E-state index in [4.69, 9.17) is 5.84 Å². The van der Waals surface area contributed by atoms with Crippen molar-refractivity contribution in [1.29, 1.82) is 0 Å². The summed E-state index contributed by atoms with van der Waals surface area (Å²) < 4.78 is 0. The first kappa shape index (κ1) is 14.2. The minimum absolute atomic E-state index is 0.579. The molecule has 2 rings (SSSR count). The van der Waals surface area contributed by atoms with E-state index >= 15 is 0 Å². The molecule has 1 aliphatic heterocycles. The molecule has 0 spiro atoms. The molecule has 0 unspecified atom stereocenters. The lowest BCUT2D eigenvalue weighted by molar-refractivity contribution is 0.0900. The smallest absolute Gasteiger partial charge is 0.158 e. The molecule has 0 aliphatic carbocycles. The third kappa shape index (κ3) is 3.42. The maximum atomic E-state index is 5.28. The van der Waals surface area contributed by atoms with Crippen LogP contribution in [0.1, 0.15) is 45.2 Å². The fraction of sp³-hybridized carbons (Fsp3) is 0.714. The second kappa shape index (κ2) is 6.30. The van der Waals surface area contributed by atoms with E-state index in [1.807, 2.05) is 0 Å². The number of nitrogens with zero attached hydrogens (tertiary/aromatic N) is 3. The first-order chi connectivity index (χ1) is 9.21. The van der Waals surface area contributed by atoms with Gasteiger partial charge in [0.05, 0.1) is 18.1 Å². The number of nitrogens with one attached hydrogen (secondary N) is 1. The standard InChI is InChI=1S/C14H25N5/c1-3-14(4-2)5-7-19(8-6-14)11-12-9-17-13(18-15)10-16-12/h9-10H,3-8,11,15H2,1-2H3,(H,17,18). The average molecular weight is 263 g/mol. The Kier molecular flexibility index (Phi) is 4.71. The van der Waals surface area contributed by atoms with E-state index in [0.29, 0.717) is 11.2 Å². The SMILES string of the molecule is CCC1(CC)CCN(Cc2cnc(NN)cn2)CC1. The van der Waals surface area contributed by atoms with Crippen LogP contribution in [0.25, 0.3) is 0 Å². The highest BCUT2D eigenvalue weighted by Gasteiger charge is 2.31. The predicted octanol–water partition coefficient (Wildman–Crippen LogP) is 2.16. The minimum atomic E-state index is 0.579. The van der Waals surface area contributed by atoms with E-state index in [9.17, 15) is 0 Å². The number of anilines is 1. The zero-order valence-corrected chi connectivity index (χ0v) is 12.0. The van der Waals surface area contributed by atoms with Crippen molar-refractivity contribution in [1.82, 2.24) is 14.9 Å². The Morgan fingerprint density at radius 1 is 1.21 bits per heavy atom. The van der Waals surface area contributed by atoms with Gasteiger partial charge < -0.3 is 5.43 Å². The molecule has 106 valence electrons. The molecule has 5 nitrogen and oxygen atoms in total. The molecular formula is C14H25N5. The number of hydrogen-bond donors (Lipinski definition) is 2. The Bertz CT molecular complexity index is 375. The van der Waals surface area contributed by atoms with Crippen LogP contribution in [-0.2, 0) is 6.54 Å². The van der Waals surface area contributed by atoms with Gasteiger partial charge in [-0.05, 0) is 31.3 Å². The van der Waals surface area contributed by atoms with Crippen molar-refractivity contribution in [2.24, 2.45) is 11.3 Å². The van der Waals surface area contributed by atoms with E-state index in [0.717, 1.165) is 12.2 Å². The fourth-order valence-electron chi connectivity index (χ4n) is 2.88. The summed E-state index contributed by atoms with van der Waals surface area (Å²) >= 11 is 0. The molecule has 0 atom stereocenters. The quantitative estimate of drug-likeness (QED) is 0.629. The zero-order chi connectivity index (χ0) is 13.7. The Morgan fingerprint density at radius 3 is 2.37 bits per heavy atom. The number of piperidine rings is 1. The predicted molar refractivity (Wildman–Crippen MR) is 77.4 cm³/mol. The van der Waals surface area contributed by atoms with Gasteiger partial charge in [-0.1, -0.05) is 26.7 Å². The molecule has 1 saturated heterocycles. The van der Waals surface area contributed by atoms with E-state index in [1.165, 1.54) is 38.8 Å². The Hall–Kier alpha value is -1.20. The Labute approximate surface area is 115 Å². The molecule has 0 saturated carbocycles. The van der Waals surface area contributed by atoms with E-state index < -0.39 is 0 Å². The number of hydrazine groups is 1.